The highest BCUT2D eigenvalue weighted by Crippen LogP contribution is 2.26. The van der Waals surface area contributed by atoms with Crippen LogP contribution in [0.25, 0.3) is 10.6 Å². The van der Waals surface area contributed by atoms with Crippen molar-refractivity contribution in [1.82, 2.24) is 19.7 Å². The maximum Gasteiger partial charge on any atom is 0.273 e. The molecule has 124 valence electrons. The molecule has 1 amide bonds. The first-order valence-electron chi connectivity index (χ1n) is 7.92. The normalized spacial score (nSPS) is 21.3. The predicted molar refractivity (Wildman–Crippen MR) is 89.2 cm³/mol. The van der Waals surface area contributed by atoms with E-state index >= 15 is 0 Å². The van der Waals surface area contributed by atoms with E-state index in [1.54, 1.807) is 28.2 Å². The van der Waals surface area contributed by atoms with E-state index in [0.29, 0.717) is 12.2 Å². The second-order valence-electron chi connectivity index (χ2n) is 6.24. The highest BCUT2D eigenvalue weighted by molar-refractivity contribution is 7.13. The molecule has 1 aliphatic rings. The van der Waals surface area contributed by atoms with Crippen LogP contribution in [-0.4, -0.2) is 50.4 Å². The molecule has 1 N–H and O–H groups in total. The summed E-state index contributed by atoms with van der Waals surface area (Å²) in [5.74, 6) is 0.0864. The number of aliphatic hydroxyl groups is 1. The first-order chi connectivity index (χ1) is 11.0. The molecule has 7 heteroatoms. The third-order valence-corrected chi connectivity index (χ3v) is 5.29. The molecule has 1 fully saturated rings. The van der Waals surface area contributed by atoms with Crippen LogP contribution in [-0.2, 0) is 7.05 Å². The van der Waals surface area contributed by atoms with E-state index in [9.17, 15) is 9.90 Å². The molecule has 6 nitrogen and oxygen atoms in total. The number of aromatic nitrogens is 3. The second-order valence-corrected chi connectivity index (χ2v) is 7.10. The monoisotopic (exact) mass is 334 g/mol. The lowest BCUT2D eigenvalue weighted by Crippen LogP contribution is -2.38. The van der Waals surface area contributed by atoms with E-state index in [2.05, 4.69) is 10.1 Å². The Morgan fingerprint density at radius 1 is 1.48 bits per heavy atom. The van der Waals surface area contributed by atoms with Crippen LogP contribution >= 0.6 is 11.3 Å². The molecule has 2 unspecified atom stereocenters. The number of aryl methyl sites for hydroxylation is 1. The highest BCUT2D eigenvalue weighted by atomic mass is 32.1. The van der Waals surface area contributed by atoms with Gasteiger partial charge < -0.3 is 10.0 Å². The van der Waals surface area contributed by atoms with Crippen molar-refractivity contribution < 1.29 is 9.90 Å². The van der Waals surface area contributed by atoms with Gasteiger partial charge in [0.25, 0.3) is 5.91 Å². The zero-order valence-corrected chi connectivity index (χ0v) is 14.3. The van der Waals surface area contributed by atoms with Crippen molar-refractivity contribution >= 4 is 17.2 Å². The van der Waals surface area contributed by atoms with Gasteiger partial charge in [-0.05, 0) is 12.8 Å². The first-order valence-corrected chi connectivity index (χ1v) is 8.80. The standard InChI is InChI=1S/C16H22N4O2S/c1-19(8-11-5-3-4-6-14(11)21)16(22)13-10-23-15(18-13)12-7-17-20(2)9-12/h7,9-11,14,21H,3-6,8H2,1-2H3. The summed E-state index contributed by atoms with van der Waals surface area (Å²) in [5, 5.41) is 16.8. The van der Waals surface area contributed by atoms with E-state index < -0.39 is 0 Å². The highest BCUT2D eigenvalue weighted by Gasteiger charge is 2.26. The lowest BCUT2D eigenvalue weighted by atomic mass is 9.86. The molecular weight excluding hydrogens is 312 g/mol. The largest absolute Gasteiger partial charge is 0.393 e. The van der Waals surface area contributed by atoms with Crippen LogP contribution in [0.1, 0.15) is 36.2 Å². The number of aliphatic hydroxyl groups excluding tert-OH is 1. The molecule has 1 aliphatic carbocycles. The summed E-state index contributed by atoms with van der Waals surface area (Å²) in [5.41, 5.74) is 1.38. The number of rotatable bonds is 4. The Hall–Kier alpha value is -1.73. The van der Waals surface area contributed by atoms with Crippen LogP contribution in [0.5, 0.6) is 0 Å². The minimum atomic E-state index is -0.291. The molecule has 0 aromatic carbocycles. The molecular formula is C16H22N4O2S. The van der Waals surface area contributed by atoms with Gasteiger partial charge in [-0.25, -0.2) is 4.98 Å². The smallest absolute Gasteiger partial charge is 0.273 e. The van der Waals surface area contributed by atoms with Crippen LogP contribution in [0.2, 0.25) is 0 Å². The summed E-state index contributed by atoms with van der Waals surface area (Å²) in [6, 6.07) is 0. The van der Waals surface area contributed by atoms with Crippen LogP contribution < -0.4 is 0 Å². The Bertz CT molecular complexity index is 681. The predicted octanol–water partition coefficient (Wildman–Crippen LogP) is 2.17. The number of carbonyl (C=O) groups excluding carboxylic acids is 1. The van der Waals surface area contributed by atoms with E-state index in [1.165, 1.54) is 11.3 Å². The maximum atomic E-state index is 12.5. The molecule has 0 radical (unpaired) electrons. The Labute approximate surface area is 139 Å². The molecule has 2 aromatic heterocycles. The lowest BCUT2D eigenvalue weighted by molar-refractivity contribution is 0.0449. The van der Waals surface area contributed by atoms with Gasteiger partial charge in [0.05, 0.1) is 12.3 Å². The molecule has 0 spiro atoms. The minimum absolute atomic E-state index is 0.0887. The van der Waals surface area contributed by atoms with E-state index in [1.807, 2.05) is 13.2 Å². The zero-order valence-electron chi connectivity index (χ0n) is 13.5. The molecule has 1 saturated carbocycles. The lowest BCUT2D eigenvalue weighted by Gasteiger charge is -2.30. The summed E-state index contributed by atoms with van der Waals surface area (Å²) >= 11 is 1.45. The van der Waals surface area contributed by atoms with Gasteiger partial charge in [-0.3, -0.25) is 9.48 Å². The van der Waals surface area contributed by atoms with Crippen LogP contribution in [0, 0.1) is 5.92 Å². The molecule has 0 bridgehead atoms. The van der Waals surface area contributed by atoms with Gasteiger partial charge in [-0.2, -0.15) is 5.10 Å². The fourth-order valence-electron chi connectivity index (χ4n) is 3.07. The third kappa shape index (κ3) is 3.61. The molecule has 2 heterocycles. The summed E-state index contributed by atoms with van der Waals surface area (Å²) in [6.45, 7) is 0.583. The quantitative estimate of drug-likeness (QED) is 0.930. The van der Waals surface area contributed by atoms with Gasteiger partial charge in [0.1, 0.15) is 10.7 Å². The second kappa shape index (κ2) is 6.80. The van der Waals surface area contributed by atoms with Crippen molar-refractivity contribution in [3.63, 3.8) is 0 Å². The average molecular weight is 334 g/mol. The summed E-state index contributed by atoms with van der Waals surface area (Å²) in [6.07, 6.45) is 7.37. The topological polar surface area (TPSA) is 71.2 Å². The van der Waals surface area contributed by atoms with Crippen molar-refractivity contribution in [3.05, 3.63) is 23.5 Å². The molecule has 23 heavy (non-hydrogen) atoms. The average Bonchev–Trinajstić information content (AvgIpc) is 3.17. The zero-order chi connectivity index (χ0) is 16.4. The van der Waals surface area contributed by atoms with Gasteiger partial charge in [0, 0.05) is 43.7 Å². The van der Waals surface area contributed by atoms with Crippen LogP contribution in [0.3, 0.4) is 0 Å². The molecule has 0 saturated heterocycles. The van der Waals surface area contributed by atoms with E-state index in [4.69, 9.17) is 0 Å². The van der Waals surface area contributed by atoms with Crippen LogP contribution in [0.4, 0.5) is 0 Å². The van der Waals surface area contributed by atoms with Gasteiger partial charge in [0.2, 0.25) is 0 Å². The van der Waals surface area contributed by atoms with Crippen molar-refractivity contribution in [2.75, 3.05) is 13.6 Å². The van der Waals surface area contributed by atoms with E-state index in [0.717, 1.165) is 36.3 Å². The SMILES string of the molecule is CN(CC1CCCCC1O)C(=O)c1csc(-c2cnn(C)c2)n1. The minimum Gasteiger partial charge on any atom is -0.393 e. The van der Waals surface area contributed by atoms with Crippen molar-refractivity contribution in [2.45, 2.75) is 31.8 Å². The number of thiazole rings is 1. The Kier molecular flexibility index (Phi) is 4.77. The fraction of sp³-hybridized carbons (Fsp3) is 0.562. The number of carbonyl (C=O) groups is 1. The van der Waals surface area contributed by atoms with Gasteiger partial charge in [-0.15, -0.1) is 11.3 Å². The van der Waals surface area contributed by atoms with Crippen molar-refractivity contribution in [2.24, 2.45) is 13.0 Å². The third-order valence-electron chi connectivity index (χ3n) is 4.40. The van der Waals surface area contributed by atoms with Crippen molar-refractivity contribution in [1.29, 1.82) is 0 Å². The Morgan fingerprint density at radius 2 is 2.26 bits per heavy atom. The maximum absolute atomic E-state index is 12.5. The molecule has 0 aliphatic heterocycles. The number of hydrogen-bond acceptors (Lipinski definition) is 5. The summed E-state index contributed by atoms with van der Waals surface area (Å²) < 4.78 is 1.72. The summed E-state index contributed by atoms with van der Waals surface area (Å²) in [7, 11) is 3.64. The first kappa shape index (κ1) is 16.1. The number of amides is 1. The fourth-order valence-corrected chi connectivity index (χ4v) is 3.84. The number of nitrogens with zero attached hydrogens (tertiary/aromatic N) is 4. The molecule has 2 aromatic rings. The Balaban J connectivity index is 1.66. The Morgan fingerprint density at radius 3 is 2.96 bits per heavy atom. The molecule has 3 rings (SSSR count). The van der Waals surface area contributed by atoms with E-state index in [-0.39, 0.29) is 17.9 Å². The number of hydrogen-bond donors (Lipinski definition) is 1. The van der Waals surface area contributed by atoms with Crippen molar-refractivity contribution in [3.8, 4) is 10.6 Å². The van der Waals surface area contributed by atoms with Crippen LogP contribution in [0.15, 0.2) is 17.8 Å². The van der Waals surface area contributed by atoms with Gasteiger partial charge in [0.15, 0.2) is 0 Å². The molecule has 2 atom stereocenters. The summed E-state index contributed by atoms with van der Waals surface area (Å²) in [4.78, 5) is 18.7. The van der Waals surface area contributed by atoms with Gasteiger partial charge in [-0.1, -0.05) is 12.8 Å². The van der Waals surface area contributed by atoms with Gasteiger partial charge >= 0.3 is 0 Å².